The third-order valence-corrected chi connectivity index (χ3v) is 2.00. The molecule has 0 fully saturated rings. The fourth-order valence-corrected chi connectivity index (χ4v) is 1.09. The second-order valence-electron chi connectivity index (χ2n) is 3.39. The summed E-state index contributed by atoms with van der Waals surface area (Å²) in [6.45, 7) is 1.42. The van der Waals surface area contributed by atoms with E-state index in [1.165, 1.54) is 31.2 Å². The van der Waals surface area contributed by atoms with Crippen LogP contribution in [-0.4, -0.2) is 23.3 Å². The molecule has 90 valence electrons. The van der Waals surface area contributed by atoms with Crippen molar-refractivity contribution in [3.63, 3.8) is 0 Å². The summed E-state index contributed by atoms with van der Waals surface area (Å²) in [7, 11) is 0. The van der Waals surface area contributed by atoms with Crippen molar-refractivity contribution in [3.8, 4) is 0 Å². The molecule has 0 radical (unpaired) electrons. The van der Waals surface area contributed by atoms with Crippen LogP contribution in [0.5, 0.6) is 0 Å². The lowest BCUT2D eigenvalue weighted by Crippen LogP contribution is -2.08. The second kappa shape index (κ2) is 5.74. The Hall–Kier alpha value is -2.24. The standard InChI is InChI=1S/C11H11NO5/c1-8(13)6-7-17-11(14)9-2-4-10(5-3-9)12(15)16/h2-5H,6-7H2,1H3. The van der Waals surface area contributed by atoms with Gasteiger partial charge in [0.15, 0.2) is 0 Å². The van der Waals surface area contributed by atoms with Crippen LogP contribution < -0.4 is 0 Å². The van der Waals surface area contributed by atoms with E-state index in [1.54, 1.807) is 0 Å². The number of ketones is 1. The second-order valence-corrected chi connectivity index (χ2v) is 3.39. The van der Waals surface area contributed by atoms with E-state index in [1.807, 2.05) is 0 Å². The number of rotatable bonds is 5. The van der Waals surface area contributed by atoms with Crippen molar-refractivity contribution < 1.29 is 19.2 Å². The van der Waals surface area contributed by atoms with E-state index >= 15 is 0 Å². The van der Waals surface area contributed by atoms with Gasteiger partial charge in [-0.15, -0.1) is 0 Å². The predicted molar refractivity (Wildman–Crippen MR) is 58.7 cm³/mol. The highest BCUT2D eigenvalue weighted by Crippen LogP contribution is 2.12. The van der Waals surface area contributed by atoms with Gasteiger partial charge >= 0.3 is 5.97 Å². The van der Waals surface area contributed by atoms with E-state index in [-0.39, 0.29) is 30.1 Å². The SMILES string of the molecule is CC(=O)CCOC(=O)c1ccc([N+](=O)[O-])cc1. The molecule has 0 unspecified atom stereocenters. The lowest BCUT2D eigenvalue weighted by molar-refractivity contribution is -0.384. The minimum Gasteiger partial charge on any atom is -0.462 e. The summed E-state index contributed by atoms with van der Waals surface area (Å²) in [5.74, 6) is -0.664. The zero-order chi connectivity index (χ0) is 12.8. The molecular weight excluding hydrogens is 226 g/mol. The fraction of sp³-hybridized carbons (Fsp3) is 0.273. The molecule has 6 heteroatoms. The molecule has 0 saturated carbocycles. The molecule has 0 aliphatic heterocycles. The quantitative estimate of drug-likeness (QED) is 0.442. The van der Waals surface area contributed by atoms with Gasteiger partial charge in [0.2, 0.25) is 0 Å². The summed E-state index contributed by atoms with van der Waals surface area (Å²) in [4.78, 5) is 31.8. The molecule has 1 aromatic carbocycles. The number of carbonyl (C=O) groups is 2. The van der Waals surface area contributed by atoms with Gasteiger partial charge in [0.1, 0.15) is 5.78 Å². The zero-order valence-electron chi connectivity index (χ0n) is 9.21. The highest BCUT2D eigenvalue weighted by Gasteiger charge is 2.10. The first-order valence-electron chi connectivity index (χ1n) is 4.91. The van der Waals surface area contributed by atoms with Crippen molar-refractivity contribution in [2.45, 2.75) is 13.3 Å². The maximum atomic E-state index is 11.4. The van der Waals surface area contributed by atoms with Crippen molar-refractivity contribution in [2.24, 2.45) is 0 Å². The predicted octanol–water partition coefficient (Wildman–Crippen LogP) is 1.73. The number of non-ortho nitro benzene ring substituents is 1. The number of esters is 1. The molecule has 0 bridgehead atoms. The first-order valence-corrected chi connectivity index (χ1v) is 4.91. The Bertz CT molecular complexity index is 438. The molecule has 0 atom stereocenters. The number of Topliss-reactive ketones (excluding diaryl/α,β-unsaturated/α-hetero) is 1. The van der Waals surface area contributed by atoms with Crippen LogP contribution in [0, 0.1) is 10.1 Å². The number of hydrogen-bond donors (Lipinski definition) is 0. The average molecular weight is 237 g/mol. The van der Waals surface area contributed by atoms with Gasteiger partial charge in [0, 0.05) is 18.6 Å². The van der Waals surface area contributed by atoms with Gasteiger partial charge in [-0.25, -0.2) is 4.79 Å². The summed E-state index contributed by atoms with van der Waals surface area (Å²) in [5.41, 5.74) is 0.129. The minimum absolute atomic E-state index is 0.0190. The first kappa shape index (κ1) is 12.8. The Morgan fingerprint density at radius 2 is 1.88 bits per heavy atom. The van der Waals surface area contributed by atoms with Crippen LogP contribution in [0.15, 0.2) is 24.3 Å². The molecule has 0 N–H and O–H groups in total. The van der Waals surface area contributed by atoms with Crippen LogP contribution in [-0.2, 0) is 9.53 Å². The Morgan fingerprint density at radius 1 is 1.29 bits per heavy atom. The number of carbonyl (C=O) groups excluding carboxylic acids is 2. The van der Waals surface area contributed by atoms with Crippen molar-refractivity contribution in [1.29, 1.82) is 0 Å². The van der Waals surface area contributed by atoms with Crippen molar-refractivity contribution in [1.82, 2.24) is 0 Å². The molecule has 0 aliphatic carbocycles. The molecule has 0 heterocycles. The normalized spacial score (nSPS) is 9.71. The topological polar surface area (TPSA) is 86.5 Å². The smallest absolute Gasteiger partial charge is 0.338 e. The van der Waals surface area contributed by atoms with Gasteiger partial charge < -0.3 is 4.74 Å². The Kier molecular flexibility index (Phi) is 4.33. The number of hydrogen-bond acceptors (Lipinski definition) is 5. The van der Waals surface area contributed by atoms with E-state index < -0.39 is 10.9 Å². The maximum Gasteiger partial charge on any atom is 0.338 e. The fourth-order valence-electron chi connectivity index (χ4n) is 1.09. The number of benzene rings is 1. The Morgan fingerprint density at radius 3 is 2.35 bits per heavy atom. The average Bonchev–Trinajstić information content (AvgIpc) is 2.28. The molecule has 0 aliphatic rings. The maximum absolute atomic E-state index is 11.4. The first-order chi connectivity index (χ1) is 8.00. The van der Waals surface area contributed by atoms with Gasteiger partial charge in [-0.05, 0) is 19.1 Å². The lowest BCUT2D eigenvalue weighted by Gasteiger charge is -2.02. The zero-order valence-corrected chi connectivity index (χ0v) is 9.21. The molecule has 6 nitrogen and oxygen atoms in total. The lowest BCUT2D eigenvalue weighted by atomic mass is 10.2. The van der Waals surface area contributed by atoms with Crippen molar-refractivity contribution in [3.05, 3.63) is 39.9 Å². The molecule has 1 aromatic rings. The van der Waals surface area contributed by atoms with Gasteiger partial charge in [-0.2, -0.15) is 0 Å². The summed E-state index contributed by atoms with van der Waals surface area (Å²) in [6, 6.07) is 5.08. The van der Waals surface area contributed by atoms with E-state index in [9.17, 15) is 19.7 Å². The number of ether oxygens (including phenoxy) is 1. The minimum atomic E-state index is -0.596. The van der Waals surface area contributed by atoms with Gasteiger partial charge in [0.05, 0.1) is 17.1 Å². The highest BCUT2D eigenvalue weighted by molar-refractivity contribution is 5.89. The largest absolute Gasteiger partial charge is 0.462 e. The highest BCUT2D eigenvalue weighted by atomic mass is 16.6. The van der Waals surface area contributed by atoms with Crippen LogP contribution >= 0.6 is 0 Å². The molecule has 1 rings (SSSR count). The summed E-state index contributed by atoms with van der Waals surface area (Å²) < 4.78 is 4.81. The Balaban J connectivity index is 2.57. The summed E-state index contributed by atoms with van der Waals surface area (Å²) in [5, 5.41) is 10.4. The van der Waals surface area contributed by atoms with Crippen LogP contribution in [0.1, 0.15) is 23.7 Å². The molecule has 0 spiro atoms. The van der Waals surface area contributed by atoms with Crippen LogP contribution in [0.4, 0.5) is 5.69 Å². The van der Waals surface area contributed by atoms with E-state index in [2.05, 4.69) is 0 Å². The molecule has 0 amide bonds. The molecule has 17 heavy (non-hydrogen) atoms. The Labute approximate surface area is 97.3 Å². The third kappa shape index (κ3) is 4.02. The van der Waals surface area contributed by atoms with E-state index in [4.69, 9.17) is 4.74 Å². The monoisotopic (exact) mass is 237 g/mol. The van der Waals surface area contributed by atoms with Gasteiger partial charge in [0.25, 0.3) is 5.69 Å². The van der Waals surface area contributed by atoms with Crippen LogP contribution in [0.2, 0.25) is 0 Å². The van der Waals surface area contributed by atoms with E-state index in [0.717, 1.165) is 0 Å². The van der Waals surface area contributed by atoms with Crippen LogP contribution in [0.25, 0.3) is 0 Å². The van der Waals surface area contributed by atoms with Crippen LogP contribution in [0.3, 0.4) is 0 Å². The molecular formula is C11H11NO5. The van der Waals surface area contributed by atoms with E-state index in [0.29, 0.717) is 0 Å². The number of nitrogens with zero attached hydrogens (tertiary/aromatic N) is 1. The molecule has 0 saturated heterocycles. The number of nitro groups is 1. The summed E-state index contributed by atoms with van der Waals surface area (Å²) in [6.07, 6.45) is 0.165. The summed E-state index contributed by atoms with van der Waals surface area (Å²) >= 11 is 0. The van der Waals surface area contributed by atoms with Gasteiger partial charge in [-0.3, -0.25) is 14.9 Å². The third-order valence-electron chi connectivity index (χ3n) is 2.00. The van der Waals surface area contributed by atoms with Gasteiger partial charge in [-0.1, -0.05) is 0 Å². The molecule has 0 aromatic heterocycles. The number of nitro benzene ring substituents is 1. The van der Waals surface area contributed by atoms with Crippen molar-refractivity contribution >= 4 is 17.4 Å². The van der Waals surface area contributed by atoms with Crippen molar-refractivity contribution in [2.75, 3.05) is 6.61 Å².